The first-order valence-electron chi connectivity index (χ1n) is 8.91. The highest BCUT2D eigenvalue weighted by Crippen LogP contribution is 2.30. The molecule has 2 aromatic carbocycles. The molecule has 0 aliphatic heterocycles. The summed E-state index contributed by atoms with van der Waals surface area (Å²) in [4.78, 5) is 0. The summed E-state index contributed by atoms with van der Waals surface area (Å²) in [5.74, 6) is 2.40. The minimum atomic E-state index is 0.778. The van der Waals surface area contributed by atoms with E-state index < -0.39 is 0 Å². The van der Waals surface area contributed by atoms with E-state index in [0.29, 0.717) is 0 Å². The molecule has 0 atom stereocenters. The van der Waals surface area contributed by atoms with Gasteiger partial charge in [-0.1, -0.05) is 29.5 Å². The minimum absolute atomic E-state index is 0.778. The van der Waals surface area contributed by atoms with Gasteiger partial charge in [-0.3, -0.25) is 9.25 Å². The van der Waals surface area contributed by atoms with Gasteiger partial charge in [0.2, 0.25) is 0 Å². The Labute approximate surface area is 168 Å². The molecule has 0 aliphatic carbocycles. The van der Waals surface area contributed by atoms with Crippen LogP contribution < -0.4 is 4.74 Å². The SMILES string of the molecule is COc1ccc(-c2nnc(SCc3cnn(C)c3)n2-c2ccc(C)cc2)cc1. The molecule has 0 saturated carbocycles. The highest BCUT2D eigenvalue weighted by atomic mass is 32.2. The summed E-state index contributed by atoms with van der Waals surface area (Å²) in [6, 6.07) is 16.3. The van der Waals surface area contributed by atoms with E-state index in [0.717, 1.165) is 39.3 Å². The second kappa shape index (κ2) is 7.90. The topological polar surface area (TPSA) is 57.8 Å². The Morgan fingerprint density at radius 2 is 1.75 bits per heavy atom. The lowest BCUT2D eigenvalue weighted by molar-refractivity contribution is 0.415. The van der Waals surface area contributed by atoms with Crippen LogP contribution in [0.5, 0.6) is 5.75 Å². The van der Waals surface area contributed by atoms with E-state index in [9.17, 15) is 0 Å². The van der Waals surface area contributed by atoms with E-state index in [-0.39, 0.29) is 0 Å². The molecule has 0 unspecified atom stereocenters. The molecular formula is C21H21N5OS. The predicted molar refractivity (Wildman–Crippen MR) is 111 cm³/mol. The number of hydrogen-bond donors (Lipinski definition) is 0. The normalized spacial score (nSPS) is 11.0. The van der Waals surface area contributed by atoms with Crippen LogP contribution in [0.25, 0.3) is 17.1 Å². The first kappa shape index (κ1) is 18.3. The molecule has 2 heterocycles. The van der Waals surface area contributed by atoms with Crippen LogP contribution in [-0.2, 0) is 12.8 Å². The number of benzene rings is 2. The molecule has 7 heteroatoms. The summed E-state index contributed by atoms with van der Waals surface area (Å²) in [7, 11) is 3.59. The number of rotatable bonds is 6. The number of hydrogen-bond acceptors (Lipinski definition) is 5. The van der Waals surface area contributed by atoms with Crippen molar-refractivity contribution in [2.45, 2.75) is 17.8 Å². The molecule has 0 saturated heterocycles. The third-order valence-electron chi connectivity index (χ3n) is 4.40. The molecule has 4 rings (SSSR count). The summed E-state index contributed by atoms with van der Waals surface area (Å²) in [6.07, 6.45) is 3.90. The zero-order chi connectivity index (χ0) is 19.5. The van der Waals surface area contributed by atoms with Gasteiger partial charge in [0, 0.05) is 35.8 Å². The van der Waals surface area contributed by atoms with Gasteiger partial charge in [0.25, 0.3) is 0 Å². The maximum Gasteiger partial charge on any atom is 0.196 e. The molecular weight excluding hydrogens is 370 g/mol. The highest BCUT2D eigenvalue weighted by molar-refractivity contribution is 7.98. The van der Waals surface area contributed by atoms with Crippen molar-refractivity contribution in [3.05, 3.63) is 72.1 Å². The number of thioether (sulfide) groups is 1. The Balaban J connectivity index is 1.72. The van der Waals surface area contributed by atoms with Crippen LogP contribution in [0.15, 0.2) is 66.1 Å². The lowest BCUT2D eigenvalue weighted by Crippen LogP contribution is -2.00. The summed E-state index contributed by atoms with van der Waals surface area (Å²) in [6.45, 7) is 2.08. The third-order valence-corrected chi connectivity index (χ3v) is 5.40. The zero-order valence-corrected chi connectivity index (χ0v) is 16.8. The van der Waals surface area contributed by atoms with Crippen molar-refractivity contribution in [2.24, 2.45) is 7.05 Å². The van der Waals surface area contributed by atoms with E-state index in [1.165, 1.54) is 5.56 Å². The van der Waals surface area contributed by atoms with Crippen LogP contribution in [0, 0.1) is 6.92 Å². The van der Waals surface area contributed by atoms with Gasteiger partial charge in [-0.05, 0) is 43.3 Å². The number of ether oxygens (including phenoxy) is 1. The Kier molecular flexibility index (Phi) is 5.16. The molecule has 2 aromatic heterocycles. The third kappa shape index (κ3) is 3.80. The highest BCUT2D eigenvalue weighted by Gasteiger charge is 2.16. The molecule has 4 aromatic rings. The van der Waals surface area contributed by atoms with Crippen LogP contribution in [0.3, 0.4) is 0 Å². The predicted octanol–water partition coefficient (Wildman–Crippen LogP) is 4.28. The van der Waals surface area contributed by atoms with E-state index in [4.69, 9.17) is 4.74 Å². The quantitative estimate of drug-likeness (QED) is 0.459. The van der Waals surface area contributed by atoms with Gasteiger partial charge in [0.15, 0.2) is 11.0 Å². The first-order chi connectivity index (χ1) is 13.6. The summed E-state index contributed by atoms with van der Waals surface area (Å²) < 4.78 is 9.18. The standard InChI is InChI=1S/C21H21N5OS/c1-15-4-8-18(9-5-15)26-20(17-6-10-19(27-3)11-7-17)23-24-21(26)28-14-16-12-22-25(2)13-16/h4-13H,14H2,1-3H3. The molecule has 0 amide bonds. The second-order valence-electron chi connectivity index (χ2n) is 6.52. The number of aryl methyl sites for hydroxylation is 2. The van der Waals surface area contributed by atoms with Gasteiger partial charge < -0.3 is 4.74 Å². The summed E-state index contributed by atoms with van der Waals surface area (Å²) in [5, 5.41) is 14.0. The molecule has 0 spiro atoms. The fourth-order valence-corrected chi connectivity index (χ4v) is 3.78. The second-order valence-corrected chi connectivity index (χ2v) is 7.46. The van der Waals surface area contributed by atoms with Crippen molar-refractivity contribution in [3.8, 4) is 22.8 Å². The fourth-order valence-electron chi connectivity index (χ4n) is 2.91. The van der Waals surface area contributed by atoms with Gasteiger partial charge in [-0.2, -0.15) is 5.10 Å². The zero-order valence-electron chi connectivity index (χ0n) is 16.0. The lowest BCUT2D eigenvalue weighted by atomic mass is 10.2. The van der Waals surface area contributed by atoms with E-state index in [2.05, 4.69) is 51.1 Å². The van der Waals surface area contributed by atoms with Gasteiger partial charge in [-0.25, -0.2) is 0 Å². The van der Waals surface area contributed by atoms with Crippen LogP contribution in [0.2, 0.25) is 0 Å². The van der Waals surface area contributed by atoms with Crippen molar-refractivity contribution in [1.82, 2.24) is 24.5 Å². The maximum atomic E-state index is 5.27. The molecule has 28 heavy (non-hydrogen) atoms. The van der Waals surface area contributed by atoms with Crippen molar-refractivity contribution in [3.63, 3.8) is 0 Å². The van der Waals surface area contributed by atoms with Gasteiger partial charge in [0.05, 0.1) is 13.3 Å². The van der Waals surface area contributed by atoms with Gasteiger partial charge in [0.1, 0.15) is 5.75 Å². The van der Waals surface area contributed by atoms with Crippen molar-refractivity contribution < 1.29 is 4.74 Å². The van der Waals surface area contributed by atoms with Crippen LogP contribution in [0.1, 0.15) is 11.1 Å². The van der Waals surface area contributed by atoms with Gasteiger partial charge >= 0.3 is 0 Å². The van der Waals surface area contributed by atoms with Gasteiger partial charge in [-0.15, -0.1) is 10.2 Å². The summed E-state index contributed by atoms with van der Waals surface area (Å²) in [5.41, 5.74) is 4.39. The molecule has 0 radical (unpaired) electrons. The molecule has 0 bridgehead atoms. The van der Waals surface area contributed by atoms with E-state index in [1.807, 2.05) is 48.4 Å². The first-order valence-corrected chi connectivity index (χ1v) is 9.90. The van der Waals surface area contributed by atoms with Crippen molar-refractivity contribution in [1.29, 1.82) is 0 Å². The molecule has 142 valence electrons. The Morgan fingerprint density at radius 3 is 2.39 bits per heavy atom. The average molecular weight is 392 g/mol. The fraction of sp³-hybridized carbons (Fsp3) is 0.190. The monoisotopic (exact) mass is 391 g/mol. The number of methoxy groups -OCH3 is 1. The van der Waals surface area contributed by atoms with E-state index >= 15 is 0 Å². The maximum absolute atomic E-state index is 5.27. The molecule has 0 aliphatic rings. The van der Waals surface area contributed by atoms with Crippen LogP contribution in [0.4, 0.5) is 0 Å². The number of nitrogens with zero attached hydrogens (tertiary/aromatic N) is 5. The van der Waals surface area contributed by atoms with Crippen molar-refractivity contribution in [2.75, 3.05) is 7.11 Å². The Morgan fingerprint density at radius 1 is 1.00 bits per heavy atom. The molecule has 0 N–H and O–H groups in total. The lowest BCUT2D eigenvalue weighted by Gasteiger charge is -2.11. The molecule has 6 nitrogen and oxygen atoms in total. The van der Waals surface area contributed by atoms with Crippen LogP contribution >= 0.6 is 11.8 Å². The van der Waals surface area contributed by atoms with Crippen LogP contribution in [-0.4, -0.2) is 31.7 Å². The molecule has 0 fully saturated rings. The Hall–Kier alpha value is -3.06. The average Bonchev–Trinajstić information content (AvgIpc) is 3.33. The van der Waals surface area contributed by atoms with E-state index in [1.54, 1.807) is 18.9 Å². The Bertz CT molecular complexity index is 1070. The smallest absolute Gasteiger partial charge is 0.196 e. The number of aromatic nitrogens is 5. The minimum Gasteiger partial charge on any atom is -0.497 e. The largest absolute Gasteiger partial charge is 0.497 e. The van der Waals surface area contributed by atoms with Crippen molar-refractivity contribution >= 4 is 11.8 Å². The summed E-state index contributed by atoms with van der Waals surface area (Å²) >= 11 is 1.65.